The molecule has 0 aromatic carbocycles. The lowest BCUT2D eigenvalue weighted by Crippen LogP contribution is -2.37. The lowest BCUT2D eigenvalue weighted by atomic mass is 9.88. The molecule has 2 saturated heterocycles. The molecule has 2 bridgehead atoms. The number of carbonyl (C=O) groups excluding carboxylic acids is 1. The standard InChI is InChI=1S/C14H26N2O/c1-10(2)5-3-4-8-15-14(17)12-9-11-6-7-13(12)16-11/h10-13,16H,3-9H2,1-2H3,(H,15,17). The zero-order valence-corrected chi connectivity index (χ0v) is 11.2. The summed E-state index contributed by atoms with van der Waals surface area (Å²) in [6.45, 7) is 5.36. The molecule has 2 fully saturated rings. The fourth-order valence-corrected chi connectivity index (χ4v) is 3.13. The van der Waals surface area contributed by atoms with Crippen LogP contribution in [0.4, 0.5) is 0 Å². The number of rotatable bonds is 6. The maximum Gasteiger partial charge on any atom is 0.224 e. The summed E-state index contributed by atoms with van der Waals surface area (Å²) in [6.07, 6.45) is 7.14. The van der Waals surface area contributed by atoms with Crippen molar-refractivity contribution in [3.63, 3.8) is 0 Å². The molecule has 17 heavy (non-hydrogen) atoms. The maximum absolute atomic E-state index is 12.0. The van der Waals surface area contributed by atoms with E-state index in [1.807, 2.05) is 0 Å². The summed E-state index contributed by atoms with van der Waals surface area (Å²) in [4.78, 5) is 12.0. The highest BCUT2D eigenvalue weighted by Gasteiger charge is 2.42. The zero-order valence-electron chi connectivity index (χ0n) is 11.2. The van der Waals surface area contributed by atoms with Crippen molar-refractivity contribution in [3.8, 4) is 0 Å². The molecule has 0 aromatic rings. The van der Waals surface area contributed by atoms with Crippen LogP contribution in [0, 0.1) is 11.8 Å². The lowest BCUT2D eigenvalue weighted by Gasteiger charge is -2.19. The Labute approximate surface area is 105 Å². The van der Waals surface area contributed by atoms with Crippen molar-refractivity contribution >= 4 is 5.91 Å². The second kappa shape index (κ2) is 5.85. The van der Waals surface area contributed by atoms with Crippen LogP contribution in [-0.2, 0) is 4.79 Å². The van der Waals surface area contributed by atoms with E-state index < -0.39 is 0 Å². The molecule has 0 spiro atoms. The summed E-state index contributed by atoms with van der Waals surface area (Å²) in [5.74, 6) is 1.31. The van der Waals surface area contributed by atoms with E-state index in [2.05, 4.69) is 24.5 Å². The average Bonchev–Trinajstić information content (AvgIpc) is 2.89. The number of nitrogens with one attached hydrogen (secondary N) is 2. The van der Waals surface area contributed by atoms with Gasteiger partial charge in [0.25, 0.3) is 0 Å². The van der Waals surface area contributed by atoms with Gasteiger partial charge >= 0.3 is 0 Å². The predicted molar refractivity (Wildman–Crippen MR) is 69.8 cm³/mol. The fraction of sp³-hybridized carbons (Fsp3) is 0.929. The second-order valence-corrected chi connectivity index (χ2v) is 6.07. The van der Waals surface area contributed by atoms with Gasteiger partial charge < -0.3 is 10.6 Å². The van der Waals surface area contributed by atoms with Crippen LogP contribution in [-0.4, -0.2) is 24.5 Å². The van der Waals surface area contributed by atoms with Crippen molar-refractivity contribution in [3.05, 3.63) is 0 Å². The molecular weight excluding hydrogens is 212 g/mol. The molecule has 3 heteroatoms. The third kappa shape index (κ3) is 3.44. The van der Waals surface area contributed by atoms with Gasteiger partial charge in [0.15, 0.2) is 0 Å². The minimum Gasteiger partial charge on any atom is -0.356 e. The number of fused-ring (bicyclic) bond motifs is 2. The molecule has 0 aromatic heterocycles. The highest BCUT2D eigenvalue weighted by molar-refractivity contribution is 5.80. The minimum absolute atomic E-state index is 0.249. The number of hydrogen-bond acceptors (Lipinski definition) is 2. The molecule has 98 valence electrons. The van der Waals surface area contributed by atoms with Crippen LogP contribution in [0.5, 0.6) is 0 Å². The number of hydrogen-bond donors (Lipinski definition) is 2. The van der Waals surface area contributed by atoms with E-state index >= 15 is 0 Å². The minimum atomic E-state index is 0.249. The molecule has 0 saturated carbocycles. The molecule has 3 atom stereocenters. The molecule has 2 rings (SSSR count). The first-order valence-electron chi connectivity index (χ1n) is 7.20. The number of unbranched alkanes of at least 4 members (excludes halogenated alkanes) is 1. The summed E-state index contributed by atoms with van der Waals surface area (Å²) >= 11 is 0. The molecule has 0 aliphatic carbocycles. The average molecular weight is 238 g/mol. The van der Waals surface area contributed by atoms with E-state index in [4.69, 9.17) is 0 Å². The molecule has 3 unspecified atom stereocenters. The Morgan fingerprint density at radius 1 is 1.35 bits per heavy atom. The van der Waals surface area contributed by atoms with E-state index in [1.54, 1.807) is 0 Å². The first-order valence-corrected chi connectivity index (χ1v) is 7.20. The second-order valence-electron chi connectivity index (χ2n) is 6.07. The summed E-state index contributed by atoms with van der Waals surface area (Å²) in [5, 5.41) is 6.62. The third-order valence-corrected chi connectivity index (χ3v) is 4.14. The lowest BCUT2D eigenvalue weighted by molar-refractivity contribution is -0.125. The van der Waals surface area contributed by atoms with Crippen LogP contribution in [0.1, 0.15) is 52.4 Å². The molecule has 2 heterocycles. The molecule has 2 N–H and O–H groups in total. The zero-order chi connectivity index (χ0) is 12.3. The molecular formula is C14H26N2O. The van der Waals surface area contributed by atoms with Crippen molar-refractivity contribution in [2.45, 2.75) is 64.5 Å². The Balaban J connectivity index is 1.58. The van der Waals surface area contributed by atoms with Gasteiger partial charge in [0, 0.05) is 18.6 Å². The third-order valence-electron chi connectivity index (χ3n) is 4.14. The van der Waals surface area contributed by atoms with Crippen molar-refractivity contribution in [2.24, 2.45) is 11.8 Å². The maximum atomic E-state index is 12.0. The van der Waals surface area contributed by atoms with E-state index in [-0.39, 0.29) is 11.8 Å². The van der Waals surface area contributed by atoms with Crippen molar-refractivity contribution in [1.29, 1.82) is 0 Å². The van der Waals surface area contributed by atoms with Gasteiger partial charge in [-0.1, -0.05) is 26.7 Å². The van der Waals surface area contributed by atoms with Crippen LogP contribution in [0.2, 0.25) is 0 Å². The topological polar surface area (TPSA) is 41.1 Å². The number of carbonyl (C=O) groups is 1. The normalized spacial score (nSPS) is 31.1. The Hall–Kier alpha value is -0.570. The van der Waals surface area contributed by atoms with Gasteiger partial charge in [0.05, 0.1) is 5.92 Å². The monoisotopic (exact) mass is 238 g/mol. The first kappa shape index (κ1) is 12.9. The van der Waals surface area contributed by atoms with E-state index in [1.165, 1.54) is 25.7 Å². The van der Waals surface area contributed by atoms with Gasteiger partial charge in [-0.25, -0.2) is 0 Å². The highest BCUT2D eigenvalue weighted by atomic mass is 16.1. The van der Waals surface area contributed by atoms with Crippen molar-refractivity contribution in [2.75, 3.05) is 6.54 Å². The van der Waals surface area contributed by atoms with Crippen LogP contribution >= 0.6 is 0 Å². The molecule has 0 radical (unpaired) electrons. The van der Waals surface area contributed by atoms with Gasteiger partial charge in [-0.15, -0.1) is 0 Å². The molecule has 2 aliphatic rings. The van der Waals surface area contributed by atoms with E-state index in [0.717, 1.165) is 25.3 Å². The predicted octanol–water partition coefficient (Wildman–Crippen LogP) is 2.07. The van der Waals surface area contributed by atoms with E-state index in [9.17, 15) is 4.79 Å². The Morgan fingerprint density at radius 3 is 2.76 bits per heavy atom. The van der Waals surface area contributed by atoms with Gasteiger partial charge in [0.1, 0.15) is 0 Å². The van der Waals surface area contributed by atoms with Gasteiger partial charge in [-0.05, 0) is 31.6 Å². The van der Waals surface area contributed by atoms with Crippen LogP contribution in [0.25, 0.3) is 0 Å². The van der Waals surface area contributed by atoms with Crippen LogP contribution in [0.15, 0.2) is 0 Å². The number of amides is 1. The summed E-state index contributed by atoms with van der Waals surface area (Å²) in [5.41, 5.74) is 0. The van der Waals surface area contributed by atoms with Gasteiger partial charge in [-0.2, -0.15) is 0 Å². The van der Waals surface area contributed by atoms with Gasteiger partial charge in [-0.3, -0.25) is 4.79 Å². The first-order chi connectivity index (χ1) is 8.16. The van der Waals surface area contributed by atoms with Crippen LogP contribution in [0.3, 0.4) is 0 Å². The SMILES string of the molecule is CC(C)CCCCNC(=O)C1CC2CCC1N2. The summed E-state index contributed by atoms with van der Waals surface area (Å²) in [7, 11) is 0. The fourth-order valence-electron chi connectivity index (χ4n) is 3.13. The molecule has 3 nitrogen and oxygen atoms in total. The summed E-state index contributed by atoms with van der Waals surface area (Å²) in [6, 6.07) is 1.09. The van der Waals surface area contributed by atoms with Crippen molar-refractivity contribution in [1.82, 2.24) is 10.6 Å². The van der Waals surface area contributed by atoms with Crippen molar-refractivity contribution < 1.29 is 4.79 Å². The quantitative estimate of drug-likeness (QED) is 0.696. The Kier molecular flexibility index (Phi) is 4.43. The highest BCUT2D eigenvalue weighted by Crippen LogP contribution is 2.33. The Morgan fingerprint density at radius 2 is 2.18 bits per heavy atom. The summed E-state index contributed by atoms with van der Waals surface area (Å²) < 4.78 is 0. The van der Waals surface area contributed by atoms with Crippen LogP contribution < -0.4 is 10.6 Å². The largest absolute Gasteiger partial charge is 0.356 e. The van der Waals surface area contributed by atoms with Gasteiger partial charge in [0.2, 0.25) is 5.91 Å². The Bertz CT molecular complexity index is 265. The smallest absolute Gasteiger partial charge is 0.224 e. The molecule has 1 amide bonds. The van der Waals surface area contributed by atoms with E-state index in [0.29, 0.717) is 12.1 Å². The molecule has 2 aliphatic heterocycles.